The van der Waals surface area contributed by atoms with Crippen LogP contribution in [0.5, 0.6) is 0 Å². The summed E-state index contributed by atoms with van der Waals surface area (Å²) < 4.78 is 4.97. The number of rotatable bonds is 8. The van der Waals surface area contributed by atoms with Gasteiger partial charge in [0.25, 0.3) is 5.91 Å². The third-order valence-electron chi connectivity index (χ3n) is 8.30. The minimum Gasteiger partial charge on any atom is -0.467 e. The standard InChI is InChI=1S/C31H43N3O4S/c1-20(2)27(31(37)38-5)32-29(35)28-25(19-26(39-28)22-9-7-6-8-10-22)34(24-15-17-33(4)18-16-24)30(36)23-13-11-21(3)12-14-23/h6-10,19-21,23-24,27H,11-18H2,1-5H3,(H,32,35). The summed E-state index contributed by atoms with van der Waals surface area (Å²) in [5.41, 5.74) is 1.67. The van der Waals surface area contributed by atoms with Gasteiger partial charge in [0.15, 0.2) is 0 Å². The number of ether oxygens (including phenoxy) is 1. The van der Waals surface area contributed by atoms with E-state index in [0.29, 0.717) is 16.5 Å². The zero-order chi connectivity index (χ0) is 28.1. The Morgan fingerprint density at radius 3 is 2.26 bits per heavy atom. The molecule has 1 N–H and O–H groups in total. The molecule has 2 aromatic rings. The number of carbonyl (C=O) groups is 3. The van der Waals surface area contributed by atoms with Gasteiger partial charge in [-0.05, 0) is 82.1 Å². The van der Waals surface area contributed by atoms with Gasteiger partial charge in [-0.3, -0.25) is 9.59 Å². The first-order valence-electron chi connectivity index (χ1n) is 14.3. The molecular weight excluding hydrogens is 510 g/mol. The lowest BCUT2D eigenvalue weighted by Crippen LogP contribution is -2.50. The Bertz CT molecular complexity index is 1130. The van der Waals surface area contributed by atoms with Crippen LogP contribution in [-0.2, 0) is 14.3 Å². The van der Waals surface area contributed by atoms with Crippen LogP contribution < -0.4 is 10.2 Å². The third-order valence-corrected chi connectivity index (χ3v) is 9.47. The number of hydrogen-bond donors (Lipinski definition) is 1. The molecule has 8 heteroatoms. The summed E-state index contributed by atoms with van der Waals surface area (Å²) in [5, 5.41) is 2.93. The Morgan fingerprint density at radius 1 is 1.03 bits per heavy atom. The van der Waals surface area contributed by atoms with Gasteiger partial charge in [0.1, 0.15) is 10.9 Å². The molecule has 0 radical (unpaired) electrons. The van der Waals surface area contributed by atoms with Crippen molar-refractivity contribution in [2.24, 2.45) is 17.8 Å². The average molecular weight is 554 g/mol. The Kier molecular flexibility index (Phi) is 9.83. The van der Waals surface area contributed by atoms with E-state index in [9.17, 15) is 14.4 Å². The Labute approximate surface area is 236 Å². The first kappa shape index (κ1) is 29.3. The highest BCUT2D eigenvalue weighted by Gasteiger charge is 2.37. The fraction of sp³-hybridized carbons (Fsp3) is 0.581. The molecule has 2 heterocycles. The summed E-state index contributed by atoms with van der Waals surface area (Å²) in [7, 11) is 3.44. The van der Waals surface area contributed by atoms with Gasteiger partial charge in [0.05, 0.1) is 12.8 Å². The number of thiophene rings is 1. The first-order chi connectivity index (χ1) is 18.7. The Hall–Kier alpha value is -2.71. The van der Waals surface area contributed by atoms with Crippen LogP contribution in [0.2, 0.25) is 0 Å². The van der Waals surface area contributed by atoms with Crippen LogP contribution in [0.25, 0.3) is 10.4 Å². The lowest BCUT2D eigenvalue weighted by molar-refractivity contribution is -0.144. The summed E-state index contributed by atoms with van der Waals surface area (Å²) in [6.45, 7) is 7.83. The fourth-order valence-corrected chi connectivity index (χ4v) is 6.81. The van der Waals surface area contributed by atoms with E-state index in [1.807, 2.05) is 55.1 Å². The normalized spacial score (nSPS) is 21.4. The van der Waals surface area contributed by atoms with Gasteiger partial charge in [-0.25, -0.2) is 4.79 Å². The van der Waals surface area contributed by atoms with Gasteiger partial charge in [0.2, 0.25) is 5.91 Å². The number of likely N-dealkylation sites (tertiary alicyclic amines) is 1. The third kappa shape index (κ3) is 6.90. The Balaban J connectivity index is 1.77. The molecule has 2 fully saturated rings. The molecule has 0 spiro atoms. The van der Waals surface area contributed by atoms with Crippen LogP contribution >= 0.6 is 11.3 Å². The minimum atomic E-state index is -0.773. The Morgan fingerprint density at radius 2 is 1.67 bits per heavy atom. The number of esters is 1. The topological polar surface area (TPSA) is 79.0 Å². The van der Waals surface area contributed by atoms with Crippen LogP contribution in [0, 0.1) is 17.8 Å². The number of nitrogens with zero attached hydrogens (tertiary/aromatic N) is 2. The number of hydrogen-bond acceptors (Lipinski definition) is 6. The molecular formula is C31H43N3O4S. The summed E-state index contributed by atoms with van der Waals surface area (Å²) in [5.74, 6) is -0.214. The van der Waals surface area contributed by atoms with E-state index >= 15 is 0 Å². The predicted molar refractivity (Wildman–Crippen MR) is 157 cm³/mol. The molecule has 1 aromatic heterocycles. The highest BCUT2D eigenvalue weighted by molar-refractivity contribution is 7.18. The van der Waals surface area contributed by atoms with Crippen LogP contribution in [0.1, 0.15) is 69.0 Å². The molecule has 7 nitrogen and oxygen atoms in total. The predicted octanol–water partition coefficient (Wildman–Crippen LogP) is 5.60. The monoisotopic (exact) mass is 553 g/mol. The van der Waals surface area contributed by atoms with E-state index in [-0.39, 0.29) is 29.7 Å². The molecule has 1 aromatic carbocycles. The molecule has 4 rings (SSSR count). The van der Waals surface area contributed by atoms with E-state index in [1.165, 1.54) is 18.4 Å². The molecule has 1 saturated heterocycles. The second-order valence-corrected chi connectivity index (χ2v) is 12.7. The summed E-state index contributed by atoms with van der Waals surface area (Å²) in [6, 6.07) is 11.2. The molecule has 2 amide bonds. The van der Waals surface area contributed by atoms with Crippen LogP contribution in [0.15, 0.2) is 36.4 Å². The second-order valence-electron chi connectivity index (χ2n) is 11.6. The van der Waals surface area contributed by atoms with Crippen LogP contribution in [-0.4, -0.2) is 62.0 Å². The highest BCUT2D eigenvalue weighted by Crippen LogP contribution is 2.41. The maximum atomic E-state index is 14.3. The van der Waals surface area contributed by atoms with Crippen LogP contribution in [0.3, 0.4) is 0 Å². The van der Waals surface area contributed by atoms with Crippen molar-refractivity contribution < 1.29 is 19.1 Å². The van der Waals surface area contributed by atoms with Crippen molar-refractivity contribution in [3.8, 4) is 10.4 Å². The maximum Gasteiger partial charge on any atom is 0.328 e. The second kappa shape index (κ2) is 13.1. The highest BCUT2D eigenvalue weighted by atomic mass is 32.1. The summed E-state index contributed by atoms with van der Waals surface area (Å²) in [4.78, 5) is 46.3. The molecule has 1 aliphatic heterocycles. The van der Waals surface area contributed by atoms with Gasteiger partial charge in [-0.15, -0.1) is 11.3 Å². The largest absolute Gasteiger partial charge is 0.467 e. The van der Waals surface area contributed by atoms with Crippen molar-refractivity contribution in [1.82, 2.24) is 10.2 Å². The minimum absolute atomic E-state index is 0.0272. The quantitative estimate of drug-likeness (QED) is 0.431. The first-order valence-corrected chi connectivity index (χ1v) is 15.1. The molecule has 1 aliphatic carbocycles. The van der Waals surface area contributed by atoms with Gasteiger partial charge in [0, 0.05) is 16.8 Å². The smallest absolute Gasteiger partial charge is 0.328 e. The van der Waals surface area contributed by atoms with Crippen molar-refractivity contribution in [3.05, 3.63) is 41.3 Å². The van der Waals surface area contributed by atoms with E-state index < -0.39 is 12.0 Å². The van der Waals surface area contributed by atoms with Gasteiger partial charge in [-0.1, -0.05) is 51.1 Å². The van der Waals surface area contributed by atoms with Crippen molar-refractivity contribution in [2.45, 2.75) is 71.4 Å². The molecule has 2 aliphatic rings. The van der Waals surface area contributed by atoms with E-state index in [1.54, 1.807) is 0 Å². The van der Waals surface area contributed by atoms with E-state index in [0.717, 1.165) is 62.1 Å². The number of piperidine rings is 1. The SMILES string of the molecule is COC(=O)C(NC(=O)c1sc(-c2ccccc2)cc1N(C(=O)C1CCC(C)CC1)C1CCN(C)CC1)C(C)C. The zero-order valence-corrected chi connectivity index (χ0v) is 24.8. The lowest BCUT2D eigenvalue weighted by Gasteiger charge is -2.40. The van der Waals surface area contributed by atoms with Crippen molar-refractivity contribution in [3.63, 3.8) is 0 Å². The summed E-state index contributed by atoms with van der Waals surface area (Å²) >= 11 is 1.38. The number of methoxy groups -OCH3 is 1. The molecule has 0 bridgehead atoms. The molecule has 39 heavy (non-hydrogen) atoms. The maximum absolute atomic E-state index is 14.3. The molecule has 1 unspecified atom stereocenters. The van der Waals surface area contributed by atoms with Gasteiger partial charge in [-0.2, -0.15) is 0 Å². The molecule has 212 valence electrons. The van der Waals surface area contributed by atoms with Crippen LogP contribution in [0.4, 0.5) is 5.69 Å². The number of benzene rings is 1. The van der Waals surface area contributed by atoms with E-state index in [4.69, 9.17) is 4.74 Å². The van der Waals surface area contributed by atoms with Crippen molar-refractivity contribution >= 4 is 34.8 Å². The number of amides is 2. The number of nitrogens with one attached hydrogen (secondary N) is 1. The fourth-order valence-electron chi connectivity index (χ4n) is 5.75. The zero-order valence-electron chi connectivity index (χ0n) is 23.9. The average Bonchev–Trinajstić information content (AvgIpc) is 3.38. The number of carbonyl (C=O) groups excluding carboxylic acids is 3. The molecule has 1 saturated carbocycles. The molecule has 1 atom stereocenters. The van der Waals surface area contributed by atoms with Gasteiger partial charge >= 0.3 is 5.97 Å². The number of anilines is 1. The summed E-state index contributed by atoms with van der Waals surface area (Å²) in [6.07, 6.45) is 5.60. The van der Waals surface area contributed by atoms with Crippen molar-refractivity contribution in [1.29, 1.82) is 0 Å². The lowest BCUT2D eigenvalue weighted by atomic mass is 9.82. The van der Waals surface area contributed by atoms with Crippen molar-refractivity contribution in [2.75, 3.05) is 32.1 Å². The van der Waals surface area contributed by atoms with E-state index in [2.05, 4.69) is 24.2 Å². The van der Waals surface area contributed by atoms with Gasteiger partial charge < -0.3 is 19.9 Å².